The Kier molecular flexibility index (Phi) is 15.9. The van der Waals surface area contributed by atoms with Crippen LogP contribution in [-0.4, -0.2) is 33.1 Å². The Morgan fingerprint density at radius 3 is 1.67 bits per heavy atom. The SMILES string of the molecule is CCCCCCCCN(C)C.FB(F)F. The van der Waals surface area contributed by atoms with E-state index < -0.39 is 7.54 Å². The molecule has 0 N–H and O–H groups in total. The van der Waals surface area contributed by atoms with Gasteiger partial charge in [-0.25, -0.2) is 0 Å². The Morgan fingerprint density at radius 2 is 1.27 bits per heavy atom. The standard InChI is InChI=1S/C10H23N.BF3/c1-4-5-6-7-8-9-10-11(2)3;2-1(3)4/h4-10H2,1-3H3;. The molecule has 0 bridgehead atoms. The monoisotopic (exact) mass is 225 g/mol. The second-order valence-corrected chi connectivity index (χ2v) is 3.82. The van der Waals surface area contributed by atoms with Crippen molar-refractivity contribution in [3.05, 3.63) is 0 Å². The third-order valence-electron chi connectivity index (χ3n) is 1.96. The summed E-state index contributed by atoms with van der Waals surface area (Å²) in [6.45, 7) is 3.52. The Bertz CT molecular complexity index is 110. The average Bonchev–Trinajstić information content (AvgIpc) is 2.09. The lowest BCUT2D eigenvalue weighted by atomic mass is 10.1. The van der Waals surface area contributed by atoms with Gasteiger partial charge < -0.3 is 4.90 Å². The molecule has 0 saturated heterocycles. The topological polar surface area (TPSA) is 3.24 Å². The van der Waals surface area contributed by atoms with Gasteiger partial charge in [-0.2, -0.15) is 0 Å². The first-order valence-corrected chi connectivity index (χ1v) is 5.57. The van der Waals surface area contributed by atoms with Crippen LogP contribution in [0.2, 0.25) is 0 Å². The van der Waals surface area contributed by atoms with E-state index in [1.165, 1.54) is 45.1 Å². The molecule has 0 atom stereocenters. The van der Waals surface area contributed by atoms with Crippen LogP contribution >= 0.6 is 0 Å². The Labute approximate surface area is 92.3 Å². The molecule has 92 valence electrons. The maximum atomic E-state index is 9.67. The molecule has 15 heavy (non-hydrogen) atoms. The van der Waals surface area contributed by atoms with Crippen molar-refractivity contribution in [3.63, 3.8) is 0 Å². The zero-order valence-electron chi connectivity index (χ0n) is 10.1. The number of hydrogen-bond donors (Lipinski definition) is 0. The zero-order chi connectivity index (χ0) is 12.1. The van der Waals surface area contributed by atoms with E-state index in [0.29, 0.717) is 0 Å². The fourth-order valence-electron chi connectivity index (χ4n) is 1.21. The third kappa shape index (κ3) is 31.6. The predicted octanol–water partition coefficient (Wildman–Crippen LogP) is 3.79. The summed E-state index contributed by atoms with van der Waals surface area (Å²) in [5.41, 5.74) is 0. The second kappa shape index (κ2) is 13.8. The number of rotatable bonds is 7. The molecular weight excluding hydrogens is 202 g/mol. The molecule has 0 spiro atoms. The summed E-state index contributed by atoms with van der Waals surface area (Å²) in [6, 6.07) is 0. The Balaban J connectivity index is 0. The van der Waals surface area contributed by atoms with Crippen molar-refractivity contribution in [1.29, 1.82) is 0 Å². The first-order valence-electron chi connectivity index (χ1n) is 5.57. The van der Waals surface area contributed by atoms with E-state index in [9.17, 15) is 12.9 Å². The minimum Gasteiger partial charge on any atom is -0.309 e. The normalized spacial score (nSPS) is 9.80. The molecule has 1 nitrogen and oxygen atoms in total. The van der Waals surface area contributed by atoms with Crippen molar-refractivity contribution < 1.29 is 12.9 Å². The number of hydrogen-bond acceptors (Lipinski definition) is 1. The van der Waals surface area contributed by atoms with Gasteiger partial charge in [0.2, 0.25) is 0 Å². The maximum Gasteiger partial charge on any atom is 0.762 e. The first kappa shape index (κ1) is 17.2. The van der Waals surface area contributed by atoms with Crippen molar-refractivity contribution in [2.45, 2.75) is 45.4 Å². The molecule has 0 fully saturated rings. The molecule has 0 unspecified atom stereocenters. The molecule has 0 aliphatic carbocycles. The van der Waals surface area contributed by atoms with Gasteiger partial charge in [-0.1, -0.05) is 39.0 Å². The quantitative estimate of drug-likeness (QED) is 0.470. The highest BCUT2D eigenvalue weighted by Gasteiger charge is 2.06. The zero-order valence-corrected chi connectivity index (χ0v) is 10.1. The van der Waals surface area contributed by atoms with Gasteiger partial charge in [0.15, 0.2) is 0 Å². The van der Waals surface area contributed by atoms with Crippen molar-refractivity contribution in [3.8, 4) is 0 Å². The highest BCUT2D eigenvalue weighted by Crippen LogP contribution is 2.04. The molecule has 0 aliphatic heterocycles. The molecule has 0 radical (unpaired) electrons. The van der Waals surface area contributed by atoms with Crippen LogP contribution in [0.15, 0.2) is 0 Å². The lowest BCUT2D eigenvalue weighted by Gasteiger charge is -2.08. The molecule has 0 rings (SSSR count). The van der Waals surface area contributed by atoms with Crippen LogP contribution in [0.3, 0.4) is 0 Å². The predicted molar refractivity (Wildman–Crippen MR) is 61.0 cm³/mol. The van der Waals surface area contributed by atoms with Crippen LogP contribution in [0.5, 0.6) is 0 Å². The minimum atomic E-state index is -3.67. The summed E-state index contributed by atoms with van der Waals surface area (Å²) in [4.78, 5) is 2.26. The van der Waals surface area contributed by atoms with Crippen LogP contribution in [0.25, 0.3) is 0 Å². The van der Waals surface area contributed by atoms with E-state index in [-0.39, 0.29) is 0 Å². The van der Waals surface area contributed by atoms with E-state index in [1.807, 2.05) is 0 Å². The van der Waals surface area contributed by atoms with Crippen molar-refractivity contribution in [2.75, 3.05) is 20.6 Å². The third-order valence-corrected chi connectivity index (χ3v) is 1.96. The average molecular weight is 225 g/mol. The van der Waals surface area contributed by atoms with E-state index in [0.717, 1.165) is 0 Å². The maximum absolute atomic E-state index is 9.67. The van der Waals surface area contributed by atoms with Crippen molar-refractivity contribution >= 4 is 7.54 Å². The van der Waals surface area contributed by atoms with Crippen LogP contribution < -0.4 is 0 Å². The highest BCUT2D eigenvalue weighted by molar-refractivity contribution is 6.33. The lowest BCUT2D eigenvalue weighted by Crippen LogP contribution is -2.12. The summed E-state index contributed by atoms with van der Waals surface area (Å²) in [5, 5.41) is 0. The van der Waals surface area contributed by atoms with Crippen molar-refractivity contribution in [2.24, 2.45) is 0 Å². The fraction of sp³-hybridized carbons (Fsp3) is 1.00. The number of nitrogens with zero attached hydrogens (tertiary/aromatic N) is 1. The summed E-state index contributed by atoms with van der Waals surface area (Å²) in [5.74, 6) is 0. The smallest absolute Gasteiger partial charge is 0.309 e. The minimum absolute atomic E-state index is 1.26. The van der Waals surface area contributed by atoms with Gasteiger partial charge in [0.1, 0.15) is 0 Å². The summed E-state index contributed by atoms with van der Waals surface area (Å²) >= 11 is 0. The van der Waals surface area contributed by atoms with Crippen LogP contribution in [0.1, 0.15) is 45.4 Å². The largest absolute Gasteiger partial charge is 0.762 e. The number of unbranched alkanes of at least 4 members (excludes halogenated alkanes) is 5. The summed E-state index contributed by atoms with van der Waals surface area (Å²) in [6.07, 6.45) is 8.43. The molecule has 0 heterocycles. The fourth-order valence-corrected chi connectivity index (χ4v) is 1.21. The van der Waals surface area contributed by atoms with E-state index in [1.54, 1.807) is 0 Å². The van der Waals surface area contributed by atoms with Gasteiger partial charge in [-0.15, -0.1) is 0 Å². The molecule has 0 amide bonds. The summed E-state index contributed by atoms with van der Waals surface area (Å²) in [7, 11) is 0.623. The van der Waals surface area contributed by atoms with E-state index in [4.69, 9.17) is 0 Å². The highest BCUT2D eigenvalue weighted by atomic mass is 19.4. The molecule has 0 aromatic heterocycles. The van der Waals surface area contributed by atoms with Gasteiger partial charge in [0, 0.05) is 0 Å². The van der Waals surface area contributed by atoms with Crippen molar-refractivity contribution in [1.82, 2.24) is 4.90 Å². The molecular formula is C10H23BF3N. The Hall–Kier alpha value is -0.185. The number of halogens is 3. The van der Waals surface area contributed by atoms with Gasteiger partial charge in [0.05, 0.1) is 0 Å². The van der Waals surface area contributed by atoms with Gasteiger partial charge in [0.25, 0.3) is 0 Å². The van der Waals surface area contributed by atoms with Gasteiger partial charge in [-0.05, 0) is 27.1 Å². The van der Waals surface area contributed by atoms with Crippen LogP contribution in [0.4, 0.5) is 12.9 Å². The molecule has 5 heteroatoms. The van der Waals surface area contributed by atoms with E-state index >= 15 is 0 Å². The Morgan fingerprint density at radius 1 is 0.867 bits per heavy atom. The second-order valence-electron chi connectivity index (χ2n) is 3.82. The first-order chi connectivity index (χ1) is 7.00. The molecule has 0 saturated carbocycles. The van der Waals surface area contributed by atoms with Crippen LogP contribution in [0, 0.1) is 0 Å². The van der Waals surface area contributed by atoms with Gasteiger partial charge in [-0.3, -0.25) is 12.9 Å². The molecule has 0 aromatic rings. The van der Waals surface area contributed by atoms with Gasteiger partial charge >= 0.3 is 7.54 Å². The van der Waals surface area contributed by atoms with Crippen LogP contribution in [-0.2, 0) is 0 Å². The summed E-state index contributed by atoms with van der Waals surface area (Å²) < 4.78 is 29.0. The van der Waals surface area contributed by atoms with E-state index in [2.05, 4.69) is 25.9 Å². The lowest BCUT2D eigenvalue weighted by molar-refractivity contribution is 0.389. The molecule has 0 aliphatic rings. The molecule has 0 aromatic carbocycles.